The molecule has 0 aromatic heterocycles. The van der Waals surface area contributed by atoms with Crippen LogP contribution in [0, 0.1) is 0 Å². The van der Waals surface area contributed by atoms with Crippen molar-refractivity contribution in [3.63, 3.8) is 0 Å². The van der Waals surface area contributed by atoms with E-state index in [-0.39, 0.29) is 6.10 Å². The van der Waals surface area contributed by atoms with Crippen LogP contribution in [0.4, 0.5) is 0 Å². The first-order chi connectivity index (χ1) is 7.89. The van der Waals surface area contributed by atoms with Crippen LogP contribution in [0.3, 0.4) is 0 Å². The maximum Gasteiger partial charge on any atom is 0.0540 e. The van der Waals surface area contributed by atoms with Gasteiger partial charge in [-0.15, -0.1) is 0 Å². The Morgan fingerprint density at radius 3 is 1.88 bits per heavy atom. The highest BCUT2D eigenvalue weighted by Crippen LogP contribution is 2.14. The summed E-state index contributed by atoms with van der Waals surface area (Å²) in [7, 11) is 0. The zero-order valence-electron chi connectivity index (χ0n) is 10.7. The van der Waals surface area contributed by atoms with Crippen molar-refractivity contribution in [2.24, 2.45) is 0 Å². The van der Waals surface area contributed by atoms with E-state index in [1.807, 2.05) is 0 Å². The molecule has 1 unspecified atom stereocenters. The second-order valence-corrected chi connectivity index (χ2v) is 5.11. The predicted octanol–water partition coefficient (Wildman–Crippen LogP) is 4.60. The number of aliphatic hydroxyl groups excluding tert-OH is 1. The van der Waals surface area contributed by atoms with Gasteiger partial charge in [0.1, 0.15) is 0 Å². The number of hydrogen-bond donors (Lipinski definition) is 1. The maximum absolute atomic E-state index is 9.75. The summed E-state index contributed by atoms with van der Waals surface area (Å²) in [5.74, 6) is 0. The molecule has 94 valence electrons. The maximum atomic E-state index is 9.75. The molecule has 0 radical (unpaired) electrons. The van der Waals surface area contributed by atoms with E-state index < -0.39 is 0 Å². The van der Waals surface area contributed by atoms with Crippen LogP contribution in [0.1, 0.15) is 77.0 Å². The van der Waals surface area contributed by atoms with Gasteiger partial charge in [-0.05, 0) is 38.5 Å². The Hall–Kier alpha value is -0.300. The Kier molecular flexibility index (Phi) is 8.51. The molecule has 0 bridgehead atoms. The molecule has 0 aromatic rings. The molecule has 0 fully saturated rings. The van der Waals surface area contributed by atoms with E-state index >= 15 is 0 Å². The van der Waals surface area contributed by atoms with Gasteiger partial charge >= 0.3 is 0 Å². The third-order valence-corrected chi connectivity index (χ3v) is 3.48. The Labute approximate surface area is 101 Å². The average molecular weight is 224 g/mol. The first kappa shape index (κ1) is 13.8. The normalized spacial score (nSPS) is 28.9. The van der Waals surface area contributed by atoms with E-state index in [4.69, 9.17) is 0 Å². The van der Waals surface area contributed by atoms with Gasteiger partial charge in [0.05, 0.1) is 6.10 Å². The second-order valence-electron chi connectivity index (χ2n) is 5.11. The summed E-state index contributed by atoms with van der Waals surface area (Å²) in [6.07, 6.45) is 19.6. The summed E-state index contributed by atoms with van der Waals surface area (Å²) in [6.45, 7) is 0. The Morgan fingerprint density at radius 1 is 0.625 bits per heavy atom. The van der Waals surface area contributed by atoms with Crippen molar-refractivity contribution in [3.05, 3.63) is 12.2 Å². The van der Waals surface area contributed by atoms with E-state index in [1.165, 1.54) is 51.4 Å². The lowest BCUT2D eigenvalue weighted by atomic mass is 10.0. The van der Waals surface area contributed by atoms with Crippen molar-refractivity contribution in [3.8, 4) is 0 Å². The van der Waals surface area contributed by atoms with E-state index in [0.717, 1.165) is 25.7 Å². The van der Waals surface area contributed by atoms with Crippen LogP contribution in [0.5, 0.6) is 0 Å². The monoisotopic (exact) mass is 224 g/mol. The first-order valence-corrected chi connectivity index (χ1v) is 7.22. The van der Waals surface area contributed by atoms with E-state index in [9.17, 15) is 5.11 Å². The lowest BCUT2D eigenvalue weighted by Gasteiger charge is -2.09. The second kappa shape index (κ2) is 9.89. The van der Waals surface area contributed by atoms with Crippen molar-refractivity contribution < 1.29 is 5.11 Å². The fraction of sp³-hybridized carbons (Fsp3) is 0.867. The SMILES string of the molecule is OC1CCC/C=C/CCCCCCCCC1. The standard InChI is InChI=1S/C15H28O/c16-15-13-11-9-7-5-3-1-2-4-6-8-10-12-14-15/h5,7,15-16H,1-4,6,8-14H2/b7-5+. The summed E-state index contributed by atoms with van der Waals surface area (Å²) >= 11 is 0. The van der Waals surface area contributed by atoms with Crippen molar-refractivity contribution in [2.45, 2.75) is 83.2 Å². The fourth-order valence-electron chi connectivity index (χ4n) is 2.38. The third kappa shape index (κ3) is 7.92. The number of aliphatic hydroxyl groups is 1. The molecular formula is C15H28O. The quantitative estimate of drug-likeness (QED) is 0.596. The molecule has 0 spiro atoms. The summed E-state index contributed by atoms with van der Waals surface area (Å²) in [6, 6.07) is 0. The number of hydrogen-bond acceptors (Lipinski definition) is 1. The third-order valence-electron chi connectivity index (χ3n) is 3.48. The van der Waals surface area contributed by atoms with Gasteiger partial charge in [-0.1, -0.05) is 50.7 Å². The van der Waals surface area contributed by atoms with Gasteiger partial charge in [0, 0.05) is 0 Å². The lowest BCUT2D eigenvalue weighted by molar-refractivity contribution is 0.148. The summed E-state index contributed by atoms with van der Waals surface area (Å²) in [4.78, 5) is 0. The van der Waals surface area contributed by atoms with E-state index in [1.54, 1.807) is 0 Å². The molecule has 1 aliphatic rings. The minimum absolute atomic E-state index is 0.0430. The van der Waals surface area contributed by atoms with Gasteiger partial charge in [-0.3, -0.25) is 0 Å². The highest BCUT2D eigenvalue weighted by Gasteiger charge is 2.03. The lowest BCUT2D eigenvalue weighted by Crippen LogP contribution is -2.05. The molecule has 0 amide bonds. The van der Waals surface area contributed by atoms with Gasteiger partial charge in [0.25, 0.3) is 0 Å². The molecule has 1 N–H and O–H groups in total. The van der Waals surface area contributed by atoms with Gasteiger partial charge in [-0.2, -0.15) is 0 Å². The minimum atomic E-state index is -0.0430. The van der Waals surface area contributed by atoms with Gasteiger partial charge in [0.15, 0.2) is 0 Å². The van der Waals surface area contributed by atoms with Crippen LogP contribution in [0.2, 0.25) is 0 Å². The summed E-state index contributed by atoms with van der Waals surface area (Å²) < 4.78 is 0. The Bertz CT molecular complexity index is 174. The largest absolute Gasteiger partial charge is 0.393 e. The fourth-order valence-corrected chi connectivity index (χ4v) is 2.38. The Morgan fingerprint density at radius 2 is 1.12 bits per heavy atom. The van der Waals surface area contributed by atoms with Crippen LogP contribution in [-0.4, -0.2) is 11.2 Å². The highest BCUT2D eigenvalue weighted by molar-refractivity contribution is 4.81. The van der Waals surface area contributed by atoms with Crippen LogP contribution in [0.25, 0.3) is 0 Å². The Balaban J connectivity index is 2.17. The van der Waals surface area contributed by atoms with Gasteiger partial charge < -0.3 is 5.11 Å². The molecule has 0 saturated heterocycles. The molecule has 0 aliphatic heterocycles. The van der Waals surface area contributed by atoms with Crippen LogP contribution >= 0.6 is 0 Å². The van der Waals surface area contributed by atoms with Crippen molar-refractivity contribution >= 4 is 0 Å². The highest BCUT2D eigenvalue weighted by atomic mass is 16.3. The topological polar surface area (TPSA) is 20.2 Å². The zero-order chi connectivity index (χ0) is 11.5. The van der Waals surface area contributed by atoms with Crippen LogP contribution in [-0.2, 0) is 0 Å². The molecular weight excluding hydrogens is 196 g/mol. The first-order valence-electron chi connectivity index (χ1n) is 7.22. The summed E-state index contributed by atoms with van der Waals surface area (Å²) in [5.41, 5.74) is 0. The smallest absolute Gasteiger partial charge is 0.0540 e. The summed E-state index contributed by atoms with van der Waals surface area (Å²) in [5, 5.41) is 9.75. The van der Waals surface area contributed by atoms with Crippen molar-refractivity contribution in [2.75, 3.05) is 0 Å². The minimum Gasteiger partial charge on any atom is -0.393 e. The van der Waals surface area contributed by atoms with Crippen molar-refractivity contribution in [1.82, 2.24) is 0 Å². The van der Waals surface area contributed by atoms with Crippen molar-refractivity contribution in [1.29, 1.82) is 0 Å². The average Bonchev–Trinajstić information content (AvgIpc) is 2.29. The van der Waals surface area contributed by atoms with E-state index in [0.29, 0.717) is 0 Å². The van der Waals surface area contributed by atoms with Gasteiger partial charge in [-0.25, -0.2) is 0 Å². The molecule has 16 heavy (non-hydrogen) atoms. The zero-order valence-corrected chi connectivity index (χ0v) is 10.7. The molecule has 1 atom stereocenters. The molecule has 0 heterocycles. The molecule has 0 saturated carbocycles. The molecule has 1 nitrogen and oxygen atoms in total. The van der Waals surface area contributed by atoms with Gasteiger partial charge in [0.2, 0.25) is 0 Å². The van der Waals surface area contributed by atoms with E-state index in [2.05, 4.69) is 12.2 Å². The molecule has 1 aliphatic carbocycles. The predicted molar refractivity (Wildman–Crippen MR) is 70.6 cm³/mol. The molecule has 1 heteroatoms. The molecule has 1 rings (SSSR count). The van der Waals surface area contributed by atoms with Crippen LogP contribution in [0.15, 0.2) is 12.2 Å². The number of rotatable bonds is 0. The molecule has 0 aromatic carbocycles. The number of allylic oxidation sites excluding steroid dienone is 2. The van der Waals surface area contributed by atoms with Crippen LogP contribution < -0.4 is 0 Å².